The van der Waals surface area contributed by atoms with Crippen molar-refractivity contribution in [1.29, 1.82) is 0 Å². The highest BCUT2D eigenvalue weighted by Gasteiger charge is 2.03. The molecule has 0 radical (unpaired) electrons. The van der Waals surface area contributed by atoms with E-state index in [1.807, 2.05) is 4.57 Å². The fraction of sp³-hybridized carbons (Fsp3) is 0.600. The number of carbonyl (C=O) groups is 1. The van der Waals surface area contributed by atoms with Crippen LogP contribution in [0.2, 0.25) is 0 Å². The Hall–Kier alpha value is -1.40. The molecule has 1 aromatic rings. The number of methoxy groups -OCH3 is 1. The molecule has 16 heavy (non-hydrogen) atoms. The molecule has 0 unspecified atom stereocenters. The van der Waals surface area contributed by atoms with E-state index in [1.165, 1.54) is 0 Å². The van der Waals surface area contributed by atoms with Crippen molar-refractivity contribution in [3.05, 3.63) is 18.2 Å². The van der Waals surface area contributed by atoms with Crippen LogP contribution >= 0.6 is 0 Å². The number of rotatable bonds is 7. The van der Waals surface area contributed by atoms with Gasteiger partial charge in [0.15, 0.2) is 0 Å². The van der Waals surface area contributed by atoms with Crippen molar-refractivity contribution in [3.8, 4) is 0 Å². The largest absolute Gasteiger partial charge is 0.383 e. The van der Waals surface area contributed by atoms with Crippen LogP contribution < -0.4 is 11.1 Å². The summed E-state index contributed by atoms with van der Waals surface area (Å²) >= 11 is 0. The number of hydrogen-bond acceptors (Lipinski definition) is 4. The molecule has 6 nitrogen and oxygen atoms in total. The number of nitrogens with two attached hydrogens (primary N) is 1. The number of amides is 1. The van der Waals surface area contributed by atoms with Gasteiger partial charge >= 0.3 is 0 Å². The van der Waals surface area contributed by atoms with Crippen LogP contribution in [0.4, 0.5) is 0 Å². The number of ether oxygens (including phenoxy) is 1. The Morgan fingerprint density at radius 1 is 1.69 bits per heavy atom. The second kappa shape index (κ2) is 6.97. The maximum Gasteiger partial charge on any atom is 0.221 e. The van der Waals surface area contributed by atoms with Crippen molar-refractivity contribution >= 4 is 5.91 Å². The third-order valence-electron chi connectivity index (χ3n) is 2.22. The minimum atomic E-state index is 0.00808. The molecule has 0 saturated heterocycles. The average Bonchev–Trinajstić information content (AvgIpc) is 2.74. The molecule has 0 aliphatic heterocycles. The van der Waals surface area contributed by atoms with E-state index in [4.69, 9.17) is 10.5 Å². The lowest BCUT2D eigenvalue weighted by Crippen LogP contribution is -2.27. The number of nitrogens with one attached hydrogen (secondary N) is 1. The van der Waals surface area contributed by atoms with Crippen molar-refractivity contribution in [2.75, 3.05) is 20.3 Å². The number of hydrogen-bond donors (Lipinski definition) is 2. The number of aromatic nitrogens is 2. The van der Waals surface area contributed by atoms with Crippen LogP contribution in [-0.4, -0.2) is 35.7 Å². The first kappa shape index (κ1) is 12.7. The Morgan fingerprint density at radius 2 is 2.50 bits per heavy atom. The molecule has 1 aromatic heterocycles. The van der Waals surface area contributed by atoms with E-state index in [2.05, 4.69) is 10.3 Å². The predicted octanol–water partition coefficient (Wildman–Crippen LogP) is -0.505. The zero-order valence-corrected chi connectivity index (χ0v) is 9.48. The topological polar surface area (TPSA) is 82.2 Å². The molecule has 90 valence electrons. The molecule has 1 rings (SSSR count). The summed E-state index contributed by atoms with van der Waals surface area (Å²) in [5.74, 6) is 0.00808. The van der Waals surface area contributed by atoms with E-state index in [0.29, 0.717) is 32.7 Å². The summed E-state index contributed by atoms with van der Waals surface area (Å²) in [6, 6.07) is 0. The predicted molar refractivity (Wildman–Crippen MR) is 59.6 cm³/mol. The lowest BCUT2D eigenvalue weighted by atomic mass is 10.3. The number of imidazole rings is 1. The van der Waals surface area contributed by atoms with E-state index in [9.17, 15) is 4.79 Å². The van der Waals surface area contributed by atoms with E-state index >= 15 is 0 Å². The summed E-state index contributed by atoms with van der Waals surface area (Å²) < 4.78 is 6.72. The molecule has 0 bridgehead atoms. The van der Waals surface area contributed by atoms with Crippen molar-refractivity contribution in [2.45, 2.75) is 19.5 Å². The van der Waals surface area contributed by atoms with Crippen molar-refractivity contribution in [3.63, 3.8) is 0 Å². The lowest BCUT2D eigenvalue weighted by Gasteiger charge is -2.07. The molecule has 0 saturated carbocycles. The molecule has 0 aliphatic rings. The van der Waals surface area contributed by atoms with Gasteiger partial charge in [0.2, 0.25) is 5.91 Å². The van der Waals surface area contributed by atoms with Crippen LogP contribution in [0.1, 0.15) is 12.1 Å². The quantitative estimate of drug-likeness (QED) is 0.614. The van der Waals surface area contributed by atoms with Gasteiger partial charge < -0.3 is 20.4 Å². The molecule has 0 fully saturated rings. The monoisotopic (exact) mass is 226 g/mol. The molecule has 0 aliphatic carbocycles. The van der Waals surface area contributed by atoms with Crippen LogP contribution in [0.5, 0.6) is 0 Å². The Bertz CT molecular complexity index is 324. The second-order valence-corrected chi connectivity index (χ2v) is 3.38. The molecular formula is C10H18N4O2. The summed E-state index contributed by atoms with van der Waals surface area (Å²) in [6.45, 7) is 2.12. The first-order valence-electron chi connectivity index (χ1n) is 5.22. The van der Waals surface area contributed by atoms with Crippen molar-refractivity contribution < 1.29 is 9.53 Å². The third kappa shape index (κ3) is 4.00. The Labute approximate surface area is 94.8 Å². The van der Waals surface area contributed by atoms with Gasteiger partial charge in [0.1, 0.15) is 0 Å². The molecule has 1 heterocycles. The molecule has 1 amide bonds. The van der Waals surface area contributed by atoms with Gasteiger partial charge in [-0.1, -0.05) is 0 Å². The minimum Gasteiger partial charge on any atom is -0.383 e. The van der Waals surface area contributed by atoms with Crippen LogP contribution in [-0.2, 0) is 22.6 Å². The fourth-order valence-corrected chi connectivity index (χ4v) is 1.32. The third-order valence-corrected chi connectivity index (χ3v) is 2.22. The summed E-state index contributed by atoms with van der Waals surface area (Å²) in [5.41, 5.74) is 6.46. The van der Waals surface area contributed by atoms with Crippen LogP contribution in [0.15, 0.2) is 12.5 Å². The first-order valence-corrected chi connectivity index (χ1v) is 5.22. The maximum absolute atomic E-state index is 11.4. The highest BCUT2D eigenvalue weighted by Crippen LogP contribution is 1.99. The van der Waals surface area contributed by atoms with Crippen molar-refractivity contribution in [1.82, 2.24) is 14.9 Å². The number of aryl methyl sites for hydroxylation is 1. The van der Waals surface area contributed by atoms with E-state index < -0.39 is 0 Å². The van der Waals surface area contributed by atoms with Gasteiger partial charge in [-0.25, -0.2) is 4.98 Å². The second-order valence-electron chi connectivity index (χ2n) is 3.38. The van der Waals surface area contributed by atoms with Gasteiger partial charge in [-0.05, 0) is 0 Å². The van der Waals surface area contributed by atoms with Gasteiger partial charge in [0.25, 0.3) is 0 Å². The molecule has 0 atom stereocenters. The summed E-state index contributed by atoms with van der Waals surface area (Å²) in [4.78, 5) is 15.4. The van der Waals surface area contributed by atoms with Gasteiger partial charge in [0, 0.05) is 39.4 Å². The molecule has 0 spiro atoms. The van der Waals surface area contributed by atoms with E-state index in [1.54, 1.807) is 19.6 Å². The summed E-state index contributed by atoms with van der Waals surface area (Å²) in [7, 11) is 1.60. The fourth-order valence-electron chi connectivity index (χ4n) is 1.32. The zero-order valence-electron chi connectivity index (χ0n) is 9.48. The molecule has 6 heteroatoms. The molecular weight excluding hydrogens is 208 g/mol. The Kier molecular flexibility index (Phi) is 5.52. The molecule has 0 aromatic carbocycles. The van der Waals surface area contributed by atoms with E-state index in [-0.39, 0.29) is 5.91 Å². The summed E-state index contributed by atoms with van der Waals surface area (Å²) in [5, 5.41) is 2.75. The summed E-state index contributed by atoms with van der Waals surface area (Å²) in [6.07, 6.45) is 3.82. The van der Waals surface area contributed by atoms with Gasteiger partial charge in [-0.3, -0.25) is 4.79 Å². The normalized spacial score (nSPS) is 10.4. The first-order chi connectivity index (χ1) is 7.77. The number of carbonyl (C=O) groups excluding carboxylic acids is 1. The standard InChI is InChI=1S/C10H18N4O2/c1-16-5-3-13-10(15)2-4-14-8-12-7-9(14)6-11/h7-8H,2-6,11H2,1H3,(H,13,15). The Balaban J connectivity index is 2.26. The average molecular weight is 226 g/mol. The SMILES string of the molecule is COCCNC(=O)CCn1cncc1CN. The maximum atomic E-state index is 11.4. The van der Waals surface area contributed by atoms with Gasteiger partial charge in [0.05, 0.1) is 18.6 Å². The molecule has 3 N–H and O–H groups in total. The highest BCUT2D eigenvalue weighted by atomic mass is 16.5. The van der Waals surface area contributed by atoms with Crippen LogP contribution in [0.25, 0.3) is 0 Å². The highest BCUT2D eigenvalue weighted by molar-refractivity contribution is 5.75. The smallest absolute Gasteiger partial charge is 0.221 e. The number of nitrogens with zero attached hydrogens (tertiary/aromatic N) is 2. The van der Waals surface area contributed by atoms with Gasteiger partial charge in [-0.2, -0.15) is 0 Å². The van der Waals surface area contributed by atoms with Crippen LogP contribution in [0.3, 0.4) is 0 Å². The Morgan fingerprint density at radius 3 is 3.19 bits per heavy atom. The van der Waals surface area contributed by atoms with Gasteiger partial charge in [-0.15, -0.1) is 0 Å². The minimum absolute atomic E-state index is 0.00808. The van der Waals surface area contributed by atoms with Crippen molar-refractivity contribution in [2.24, 2.45) is 5.73 Å². The van der Waals surface area contributed by atoms with Crippen LogP contribution in [0, 0.1) is 0 Å². The van der Waals surface area contributed by atoms with E-state index in [0.717, 1.165) is 5.69 Å². The zero-order chi connectivity index (χ0) is 11.8. The lowest BCUT2D eigenvalue weighted by molar-refractivity contribution is -0.121.